The van der Waals surface area contributed by atoms with Gasteiger partial charge in [0, 0.05) is 17.1 Å². The van der Waals surface area contributed by atoms with Crippen LogP contribution in [0.25, 0.3) is 10.9 Å². The number of fused-ring (bicyclic) bond motifs is 1. The molecule has 0 bridgehead atoms. The van der Waals surface area contributed by atoms with Gasteiger partial charge in [-0.25, -0.2) is 4.79 Å². The number of aryl methyl sites for hydroxylation is 1. The average Bonchev–Trinajstić information content (AvgIpc) is 2.90. The number of carbonyl (C=O) groups excluding carboxylic acids is 1. The fourth-order valence-electron chi connectivity index (χ4n) is 2.59. The highest BCUT2D eigenvalue weighted by molar-refractivity contribution is 6.02. The number of hydrogen-bond acceptors (Lipinski definition) is 2. The molecule has 3 rings (SSSR count). The van der Waals surface area contributed by atoms with Crippen LogP contribution in [0, 0.1) is 6.92 Å². The van der Waals surface area contributed by atoms with Gasteiger partial charge >= 0.3 is 5.97 Å². The first-order chi connectivity index (χ1) is 11.0. The number of rotatable bonds is 4. The van der Waals surface area contributed by atoms with Gasteiger partial charge in [-0.05, 0) is 36.2 Å². The molecule has 23 heavy (non-hydrogen) atoms. The van der Waals surface area contributed by atoms with E-state index < -0.39 is 5.97 Å². The van der Waals surface area contributed by atoms with Crippen LogP contribution >= 0.6 is 0 Å². The van der Waals surface area contributed by atoms with Crippen molar-refractivity contribution in [3.05, 3.63) is 65.4 Å². The van der Waals surface area contributed by atoms with Crippen LogP contribution in [0.1, 0.15) is 21.5 Å². The van der Waals surface area contributed by atoms with Crippen molar-refractivity contribution in [3.63, 3.8) is 0 Å². The van der Waals surface area contributed by atoms with E-state index in [0.717, 1.165) is 22.0 Å². The van der Waals surface area contributed by atoms with Crippen molar-refractivity contribution in [1.29, 1.82) is 0 Å². The maximum absolute atomic E-state index is 12.3. The van der Waals surface area contributed by atoms with Gasteiger partial charge in [0.05, 0.1) is 17.7 Å². The van der Waals surface area contributed by atoms with E-state index in [2.05, 4.69) is 10.3 Å². The van der Waals surface area contributed by atoms with E-state index in [0.29, 0.717) is 5.69 Å². The molecular formula is C18H16N2O3. The molecule has 0 saturated heterocycles. The molecule has 3 aromatic rings. The summed E-state index contributed by atoms with van der Waals surface area (Å²) in [5.74, 6) is -1.31. The van der Waals surface area contributed by atoms with Gasteiger partial charge in [0.1, 0.15) is 0 Å². The Morgan fingerprint density at radius 3 is 2.74 bits per heavy atom. The summed E-state index contributed by atoms with van der Waals surface area (Å²) in [6, 6.07) is 12.6. The molecule has 0 fully saturated rings. The standard InChI is InChI=1S/C18H16N2O3/c1-11-6-7-14(18(22)23)16(8-11)20-17(21)9-12-10-19-15-5-3-2-4-13(12)15/h2-8,10,19H,9H2,1H3,(H,20,21)(H,22,23). The Morgan fingerprint density at radius 1 is 1.17 bits per heavy atom. The summed E-state index contributed by atoms with van der Waals surface area (Å²) in [6.45, 7) is 1.85. The van der Waals surface area contributed by atoms with Crippen LogP contribution < -0.4 is 5.32 Å². The SMILES string of the molecule is Cc1ccc(C(=O)O)c(NC(=O)Cc2c[nH]c3ccccc23)c1. The summed E-state index contributed by atoms with van der Waals surface area (Å²) in [5, 5.41) is 12.9. The van der Waals surface area contributed by atoms with Gasteiger partial charge in [0.25, 0.3) is 0 Å². The lowest BCUT2D eigenvalue weighted by Gasteiger charge is -2.09. The molecule has 0 aliphatic rings. The summed E-state index contributed by atoms with van der Waals surface area (Å²) < 4.78 is 0. The predicted octanol–water partition coefficient (Wildman–Crippen LogP) is 3.36. The van der Waals surface area contributed by atoms with Gasteiger partial charge in [0.15, 0.2) is 0 Å². The van der Waals surface area contributed by atoms with Crippen molar-refractivity contribution in [2.24, 2.45) is 0 Å². The fourth-order valence-corrected chi connectivity index (χ4v) is 2.59. The lowest BCUT2D eigenvalue weighted by molar-refractivity contribution is -0.115. The second-order valence-corrected chi connectivity index (χ2v) is 5.44. The molecule has 5 nitrogen and oxygen atoms in total. The molecule has 116 valence electrons. The van der Waals surface area contributed by atoms with Crippen molar-refractivity contribution in [3.8, 4) is 0 Å². The third-order valence-electron chi connectivity index (χ3n) is 3.71. The number of nitrogens with one attached hydrogen (secondary N) is 2. The van der Waals surface area contributed by atoms with Crippen molar-refractivity contribution >= 4 is 28.5 Å². The van der Waals surface area contributed by atoms with Crippen molar-refractivity contribution in [2.45, 2.75) is 13.3 Å². The van der Waals surface area contributed by atoms with Crippen molar-refractivity contribution in [1.82, 2.24) is 4.98 Å². The maximum Gasteiger partial charge on any atom is 0.337 e. The van der Waals surface area contributed by atoms with Gasteiger partial charge in [-0.1, -0.05) is 24.3 Å². The molecular weight excluding hydrogens is 292 g/mol. The van der Waals surface area contributed by atoms with Crippen LogP contribution in [0.3, 0.4) is 0 Å². The molecule has 0 radical (unpaired) electrons. The second kappa shape index (κ2) is 5.96. The van der Waals surface area contributed by atoms with Gasteiger partial charge in [-0.15, -0.1) is 0 Å². The minimum absolute atomic E-state index is 0.0860. The van der Waals surface area contributed by atoms with E-state index in [4.69, 9.17) is 0 Å². The number of aromatic amines is 1. The highest BCUT2D eigenvalue weighted by Crippen LogP contribution is 2.21. The first kappa shape index (κ1) is 14.8. The molecule has 0 saturated carbocycles. The van der Waals surface area contributed by atoms with Gasteiger partial charge in [0.2, 0.25) is 5.91 Å². The molecule has 0 aliphatic heterocycles. The summed E-state index contributed by atoms with van der Waals surface area (Å²) in [4.78, 5) is 26.7. The van der Waals surface area contributed by atoms with E-state index in [9.17, 15) is 14.7 Å². The molecule has 0 atom stereocenters. The number of aromatic carboxylic acids is 1. The third-order valence-corrected chi connectivity index (χ3v) is 3.71. The summed E-state index contributed by atoms with van der Waals surface area (Å²) in [5.41, 5.74) is 3.14. The number of benzene rings is 2. The number of carboxylic acids is 1. The molecule has 1 amide bonds. The Balaban J connectivity index is 1.83. The number of para-hydroxylation sites is 1. The van der Waals surface area contributed by atoms with Crippen LogP contribution in [0.5, 0.6) is 0 Å². The van der Waals surface area contributed by atoms with Crippen LogP contribution in [0.15, 0.2) is 48.7 Å². The van der Waals surface area contributed by atoms with Gasteiger partial charge < -0.3 is 15.4 Å². The minimum atomic E-state index is -1.06. The van der Waals surface area contributed by atoms with Crippen LogP contribution in [0.4, 0.5) is 5.69 Å². The average molecular weight is 308 g/mol. The Morgan fingerprint density at radius 2 is 1.96 bits per heavy atom. The lowest BCUT2D eigenvalue weighted by atomic mass is 10.1. The zero-order chi connectivity index (χ0) is 16.4. The molecule has 2 aromatic carbocycles. The molecule has 1 heterocycles. The van der Waals surface area contributed by atoms with Crippen LogP contribution in [0.2, 0.25) is 0 Å². The number of carbonyl (C=O) groups is 2. The maximum atomic E-state index is 12.3. The first-order valence-corrected chi connectivity index (χ1v) is 7.23. The third kappa shape index (κ3) is 3.08. The summed E-state index contributed by atoms with van der Waals surface area (Å²) in [6.07, 6.45) is 1.98. The smallest absolute Gasteiger partial charge is 0.337 e. The lowest BCUT2D eigenvalue weighted by Crippen LogP contribution is -2.16. The quantitative estimate of drug-likeness (QED) is 0.691. The molecule has 0 unspecified atom stereocenters. The number of H-pyrrole nitrogens is 1. The zero-order valence-corrected chi connectivity index (χ0v) is 12.6. The first-order valence-electron chi connectivity index (χ1n) is 7.23. The second-order valence-electron chi connectivity index (χ2n) is 5.44. The Labute approximate surface area is 133 Å². The molecule has 3 N–H and O–H groups in total. The van der Waals surface area contributed by atoms with E-state index >= 15 is 0 Å². The Hall–Kier alpha value is -3.08. The fraction of sp³-hybridized carbons (Fsp3) is 0.111. The van der Waals surface area contributed by atoms with E-state index in [1.54, 1.807) is 18.3 Å². The number of aromatic nitrogens is 1. The number of anilines is 1. The summed E-state index contributed by atoms with van der Waals surface area (Å²) >= 11 is 0. The normalized spacial score (nSPS) is 10.7. The molecule has 1 aromatic heterocycles. The predicted molar refractivity (Wildman–Crippen MR) is 88.8 cm³/mol. The highest BCUT2D eigenvalue weighted by atomic mass is 16.4. The minimum Gasteiger partial charge on any atom is -0.478 e. The van der Waals surface area contributed by atoms with Crippen molar-refractivity contribution < 1.29 is 14.7 Å². The van der Waals surface area contributed by atoms with Gasteiger partial charge in [-0.2, -0.15) is 0 Å². The van der Waals surface area contributed by atoms with E-state index in [1.807, 2.05) is 31.2 Å². The number of hydrogen-bond donors (Lipinski definition) is 3. The largest absolute Gasteiger partial charge is 0.478 e. The Bertz CT molecular complexity index is 896. The molecule has 0 aliphatic carbocycles. The van der Waals surface area contributed by atoms with Crippen molar-refractivity contribution in [2.75, 3.05) is 5.32 Å². The van der Waals surface area contributed by atoms with Crippen LogP contribution in [-0.2, 0) is 11.2 Å². The Kier molecular flexibility index (Phi) is 3.85. The van der Waals surface area contributed by atoms with Crippen LogP contribution in [-0.4, -0.2) is 22.0 Å². The highest BCUT2D eigenvalue weighted by Gasteiger charge is 2.14. The van der Waals surface area contributed by atoms with E-state index in [1.165, 1.54) is 6.07 Å². The topological polar surface area (TPSA) is 82.2 Å². The number of amides is 1. The number of carboxylic acid groups (broad SMARTS) is 1. The monoisotopic (exact) mass is 308 g/mol. The molecule has 5 heteroatoms. The zero-order valence-electron chi connectivity index (χ0n) is 12.6. The summed E-state index contributed by atoms with van der Waals surface area (Å²) in [7, 11) is 0. The van der Waals surface area contributed by atoms with E-state index in [-0.39, 0.29) is 17.9 Å². The van der Waals surface area contributed by atoms with Gasteiger partial charge in [-0.3, -0.25) is 4.79 Å². The molecule has 0 spiro atoms.